The molecule has 0 radical (unpaired) electrons. The number of hydrogen-bond acceptors (Lipinski definition) is 5. The summed E-state index contributed by atoms with van der Waals surface area (Å²) in [5.41, 5.74) is 0.282. The second-order valence-corrected chi connectivity index (χ2v) is 5.91. The number of rotatable bonds is 5. The smallest absolute Gasteiger partial charge is 0.303 e. The molecular formula is C14H15ClN2O4. The van der Waals surface area contributed by atoms with Crippen molar-refractivity contribution in [3.05, 3.63) is 23.4 Å². The number of carboxylic acids is 1. The zero-order chi connectivity index (χ0) is 14.9. The Kier molecular flexibility index (Phi) is 3.71. The number of hydrogen-bond donors (Lipinski definition) is 1. The van der Waals surface area contributed by atoms with Crippen LogP contribution in [0.1, 0.15) is 38.0 Å². The third-order valence-corrected chi connectivity index (χ3v) is 4.32. The summed E-state index contributed by atoms with van der Waals surface area (Å²) in [4.78, 5) is 11.1. The topological polar surface area (TPSA) is 89.4 Å². The summed E-state index contributed by atoms with van der Waals surface area (Å²) in [6, 6.07) is 1.65. The van der Waals surface area contributed by atoms with Crippen molar-refractivity contribution in [2.24, 2.45) is 5.41 Å². The molecule has 0 saturated heterocycles. The predicted molar refractivity (Wildman–Crippen MR) is 73.9 cm³/mol. The standard InChI is InChI=1S/C14H15ClN2O4/c15-12-9(3-6-20-12)13-17-16-10(21-13)7-14(8-11(18)19)4-1-2-5-14/h3,6H,1-2,4-5,7-8H2,(H,18,19). The Morgan fingerprint density at radius 3 is 2.76 bits per heavy atom. The van der Waals surface area contributed by atoms with Crippen LogP contribution in [-0.2, 0) is 11.2 Å². The summed E-state index contributed by atoms with van der Waals surface area (Å²) in [6.45, 7) is 0. The lowest BCUT2D eigenvalue weighted by Gasteiger charge is -2.24. The molecule has 3 rings (SSSR count). The van der Waals surface area contributed by atoms with Crippen LogP contribution in [0.2, 0.25) is 5.22 Å². The Morgan fingerprint density at radius 2 is 2.14 bits per heavy atom. The van der Waals surface area contributed by atoms with Gasteiger partial charge < -0.3 is 13.9 Å². The maximum atomic E-state index is 11.1. The van der Waals surface area contributed by atoms with Gasteiger partial charge in [-0.25, -0.2) is 0 Å². The van der Waals surface area contributed by atoms with Crippen LogP contribution in [0.4, 0.5) is 0 Å². The number of nitrogens with zero attached hydrogens (tertiary/aromatic N) is 2. The molecule has 2 aromatic heterocycles. The molecule has 112 valence electrons. The van der Waals surface area contributed by atoms with Crippen LogP contribution < -0.4 is 0 Å². The Hall–Kier alpha value is -1.82. The highest BCUT2D eigenvalue weighted by Crippen LogP contribution is 2.44. The third kappa shape index (κ3) is 2.95. The average molecular weight is 311 g/mol. The minimum absolute atomic E-state index is 0.136. The number of aliphatic carboxylic acids is 1. The number of aromatic nitrogens is 2. The molecule has 0 aliphatic heterocycles. The third-order valence-electron chi connectivity index (χ3n) is 4.03. The monoisotopic (exact) mass is 310 g/mol. The number of carbonyl (C=O) groups is 1. The molecule has 1 N–H and O–H groups in total. The molecule has 2 heterocycles. The molecule has 7 heteroatoms. The van der Waals surface area contributed by atoms with Crippen LogP contribution in [0, 0.1) is 5.41 Å². The lowest BCUT2D eigenvalue weighted by atomic mass is 9.79. The van der Waals surface area contributed by atoms with E-state index in [1.807, 2.05) is 0 Å². The van der Waals surface area contributed by atoms with E-state index < -0.39 is 5.97 Å². The average Bonchev–Trinajstić information content (AvgIpc) is 3.11. The first-order valence-corrected chi connectivity index (χ1v) is 7.23. The Morgan fingerprint density at radius 1 is 1.38 bits per heavy atom. The second kappa shape index (κ2) is 5.52. The molecule has 0 atom stereocenters. The molecule has 1 fully saturated rings. The van der Waals surface area contributed by atoms with Gasteiger partial charge in [-0.2, -0.15) is 0 Å². The van der Waals surface area contributed by atoms with Gasteiger partial charge >= 0.3 is 5.97 Å². The first-order valence-electron chi connectivity index (χ1n) is 6.86. The van der Waals surface area contributed by atoms with Gasteiger partial charge in [0.25, 0.3) is 5.89 Å². The summed E-state index contributed by atoms with van der Waals surface area (Å²) in [7, 11) is 0. The van der Waals surface area contributed by atoms with Crippen LogP contribution in [0.25, 0.3) is 11.5 Å². The SMILES string of the molecule is O=C(O)CC1(Cc2nnc(-c3ccoc3Cl)o2)CCCC1. The van der Waals surface area contributed by atoms with Gasteiger partial charge in [0, 0.05) is 6.42 Å². The van der Waals surface area contributed by atoms with Crippen LogP contribution in [0.3, 0.4) is 0 Å². The van der Waals surface area contributed by atoms with Crippen molar-refractivity contribution < 1.29 is 18.7 Å². The van der Waals surface area contributed by atoms with E-state index >= 15 is 0 Å². The van der Waals surface area contributed by atoms with Gasteiger partial charge in [0.05, 0.1) is 18.2 Å². The maximum Gasteiger partial charge on any atom is 0.303 e. The van der Waals surface area contributed by atoms with Gasteiger partial charge in [-0.05, 0) is 35.9 Å². The summed E-state index contributed by atoms with van der Waals surface area (Å²) < 4.78 is 10.6. The molecule has 1 saturated carbocycles. The zero-order valence-electron chi connectivity index (χ0n) is 11.3. The van der Waals surface area contributed by atoms with E-state index in [9.17, 15) is 4.79 Å². The molecule has 1 aliphatic rings. The zero-order valence-corrected chi connectivity index (χ0v) is 12.1. The van der Waals surface area contributed by atoms with Gasteiger partial charge in [-0.1, -0.05) is 12.8 Å². The fraction of sp³-hybridized carbons (Fsp3) is 0.500. The minimum atomic E-state index is -0.783. The van der Waals surface area contributed by atoms with Crippen LogP contribution in [0.5, 0.6) is 0 Å². The molecule has 2 aromatic rings. The van der Waals surface area contributed by atoms with E-state index in [-0.39, 0.29) is 17.1 Å². The molecule has 0 bridgehead atoms. The van der Waals surface area contributed by atoms with E-state index in [0.717, 1.165) is 25.7 Å². The lowest BCUT2D eigenvalue weighted by Crippen LogP contribution is -2.23. The summed E-state index contributed by atoms with van der Waals surface area (Å²) in [6.07, 6.45) is 5.92. The van der Waals surface area contributed by atoms with Gasteiger partial charge in [0.1, 0.15) is 0 Å². The first-order chi connectivity index (χ1) is 10.1. The molecular weight excluding hydrogens is 296 g/mol. The van der Waals surface area contributed by atoms with Crippen molar-refractivity contribution in [3.63, 3.8) is 0 Å². The van der Waals surface area contributed by atoms with E-state index in [1.165, 1.54) is 6.26 Å². The van der Waals surface area contributed by atoms with Crippen molar-refractivity contribution in [2.75, 3.05) is 0 Å². The summed E-state index contributed by atoms with van der Waals surface area (Å²) in [5.74, 6) is -0.0350. The van der Waals surface area contributed by atoms with E-state index in [0.29, 0.717) is 23.8 Å². The molecule has 6 nitrogen and oxygen atoms in total. The van der Waals surface area contributed by atoms with Crippen molar-refractivity contribution in [3.8, 4) is 11.5 Å². The molecule has 21 heavy (non-hydrogen) atoms. The number of halogens is 1. The summed E-state index contributed by atoms with van der Waals surface area (Å²) >= 11 is 5.88. The number of carboxylic acid groups (broad SMARTS) is 1. The van der Waals surface area contributed by atoms with E-state index in [1.54, 1.807) is 6.07 Å². The highest BCUT2D eigenvalue weighted by molar-refractivity contribution is 6.31. The van der Waals surface area contributed by atoms with E-state index in [2.05, 4.69) is 10.2 Å². The summed E-state index contributed by atoms with van der Waals surface area (Å²) in [5, 5.41) is 17.3. The van der Waals surface area contributed by atoms with Crippen molar-refractivity contribution in [1.82, 2.24) is 10.2 Å². The fourth-order valence-electron chi connectivity index (χ4n) is 3.06. The Bertz CT molecular complexity index is 643. The molecule has 0 unspecified atom stereocenters. The van der Waals surface area contributed by atoms with Crippen LogP contribution in [0.15, 0.2) is 21.2 Å². The van der Waals surface area contributed by atoms with Crippen LogP contribution >= 0.6 is 11.6 Å². The van der Waals surface area contributed by atoms with Gasteiger partial charge in [0.15, 0.2) is 0 Å². The fourth-order valence-corrected chi connectivity index (χ4v) is 3.26. The Labute approximate surface area is 126 Å². The highest BCUT2D eigenvalue weighted by Gasteiger charge is 2.38. The number of furan rings is 1. The Balaban J connectivity index is 1.80. The first kappa shape index (κ1) is 14.1. The lowest BCUT2D eigenvalue weighted by molar-refractivity contribution is -0.139. The predicted octanol–water partition coefficient (Wildman–Crippen LogP) is 3.56. The van der Waals surface area contributed by atoms with Crippen molar-refractivity contribution in [2.45, 2.75) is 38.5 Å². The van der Waals surface area contributed by atoms with E-state index in [4.69, 9.17) is 25.5 Å². The molecule has 0 aromatic carbocycles. The largest absolute Gasteiger partial charge is 0.481 e. The minimum Gasteiger partial charge on any atom is -0.481 e. The maximum absolute atomic E-state index is 11.1. The molecule has 1 aliphatic carbocycles. The normalized spacial score (nSPS) is 17.2. The second-order valence-electron chi connectivity index (χ2n) is 5.56. The van der Waals surface area contributed by atoms with Crippen molar-refractivity contribution in [1.29, 1.82) is 0 Å². The molecule has 0 amide bonds. The molecule has 0 spiro atoms. The van der Waals surface area contributed by atoms with Gasteiger partial charge in [-0.3, -0.25) is 4.79 Å². The van der Waals surface area contributed by atoms with Gasteiger partial charge in [-0.15, -0.1) is 10.2 Å². The van der Waals surface area contributed by atoms with Crippen LogP contribution in [-0.4, -0.2) is 21.3 Å². The highest BCUT2D eigenvalue weighted by atomic mass is 35.5. The van der Waals surface area contributed by atoms with Gasteiger partial charge in [0.2, 0.25) is 11.1 Å². The van der Waals surface area contributed by atoms with Crippen molar-refractivity contribution >= 4 is 17.6 Å². The quantitative estimate of drug-likeness (QED) is 0.908.